The minimum Gasteiger partial charge on any atom is -0.397 e. The second-order valence-electron chi connectivity index (χ2n) is 4.73. The standard InChI is InChI=1S/C13H22N4/c1-3-17-6-4-5-11(17)8-15-13-7-10(2)12(14)9-16-13/h7,9,11H,3-6,8,14H2,1-2H3,(H,15,16). The van der Waals surface area contributed by atoms with E-state index in [0.717, 1.165) is 30.2 Å². The lowest BCUT2D eigenvalue weighted by atomic mass is 10.2. The monoisotopic (exact) mass is 234 g/mol. The summed E-state index contributed by atoms with van der Waals surface area (Å²) in [7, 11) is 0. The average molecular weight is 234 g/mol. The van der Waals surface area contributed by atoms with E-state index >= 15 is 0 Å². The van der Waals surface area contributed by atoms with Crippen molar-refractivity contribution in [1.82, 2.24) is 9.88 Å². The third-order valence-electron chi connectivity index (χ3n) is 3.58. The minimum absolute atomic E-state index is 0.652. The molecule has 17 heavy (non-hydrogen) atoms. The van der Waals surface area contributed by atoms with E-state index in [4.69, 9.17) is 5.73 Å². The summed E-state index contributed by atoms with van der Waals surface area (Å²) in [5.41, 5.74) is 7.59. The van der Waals surface area contributed by atoms with E-state index < -0.39 is 0 Å². The summed E-state index contributed by atoms with van der Waals surface area (Å²) in [4.78, 5) is 6.82. The zero-order valence-electron chi connectivity index (χ0n) is 10.7. The molecule has 0 saturated carbocycles. The summed E-state index contributed by atoms with van der Waals surface area (Å²) in [5.74, 6) is 0.930. The van der Waals surface area contributed by atoms with E-state index in [-0.39, 0.29) is 0 Å². The third kappa shape index (κ3) is 2.88. The van der Waals surface area contributed by atoms with Gasteiger partial charge in [-0.15, -0.1) is 0 Å². The molecular formula is C13H22N4. The smallest absolute Gasteiger partial charge is 0.126 e. The highest BCUT2D eigenvalue weighted by molar-refractivity contribution is 5.50. The Morgan fingerprint density at radius 3 is 3.12 bits per heavy atom. The number of hydrogen-bond donors (Lipinski definition) is 2. The first-order valence-corrected chi connectivity index (χ1v) is 6.40. The lowest BCUT2D eigenvalue weighted by molar-refractivity contribution is 0.277. The number of aryl methyl sites for hydroxylation is 1. The van der Waals surface area contributed by atoms with Crippen molar-refractivity contribution in [3.05, 3.63) is 17.8 Å². The zero-order valence-corrected chi connectivity index (χ0v) is 10.7. The number of likely N-dealkylation sites (tertiary alicyclic amines) is 1. The lowest BCUT2D eigenvalue weighted by Crippen LogP contribution is -2.34. The minimum atomic E-state index is 0.652. The molecule has 0 spiro atoms. The van der Waals surface area contributed by atoms with Gasteiger partial charge >= 0.3 is 0 Å². The van der Waals surface area contributed by atoms with E-state index in [9.17, 15) is 0 Å². The molecule has 0 aromatic carbocycles. The van der Waals surface area contributed by atoms with Crippen molar-refractivity contribution in [3.8, 4) is 0 Å². The lowest BCUT2D eigenvalue weighted by Gasteiger charge is -2.23. The Labute approximate surface area is 103 Å². The highest BCUT2D eigenvalue weighted by atomic mass is 15.2. The quantitative estimate of drug-likeness (QED) is 0.835. The van der Waals surface area contributed by atoms with Gasteiger partial charge in [-0.1, -0.05) is 6.92 Å². The predicted molar refractivity (Wildman–Crippen MR) is 72.1 cm³/mol. The maximum absolute atomic E-state index is 5.75. The number of nitrogens with two attached hydrogens (primary N) is 1. The van der Waals surface area contributed by atoms with Crippen molar-refractivity contribution >= 4 is 11.5 Å². The SMILES string of the molecule is CCN1CCCC1CNc1cc(C)c(N)cn1. The summed E-state index contributed by atoms with van der Waals surface area (Å²) in [6.07, 6.45) is 4.33. The van der Waals surface area contributed by atoms with Gasteiger partial charge in [-0.05, 0) is 44.5 Å². The Morgan fingerprint density at radius 1 is 1.59 bits per heavy atom. The molecule has 2 rings (SSSR count). The van der Waals surface area contributed by atoms with E-state index in [0.29, 0.717) is 6.04 Å². The van der Waals surface area contributed by atoms with Gasteiger partial charge in [0.15, 0.2) is 0 Å². The van der Waals surface area contributed by atoms with Crippen LogP contribution in [0.25, 0.3) is 0 Å². The normalized spacial score (nSPS) is 20.7. The zero-order chi connectivity index (χ0) is 12.3. The number of hydrogen-bond acceptors (Lipinski definition) is 4. The topological polar surface area (TPSA) is 54.2 Å². The Hall–Kier alpha value is -1.29. The fourth-order valence-electron chi connectivity index (χ4n) is 2.43. The molecule has 1 fully saturated rings. The van der Waals surface area contributed by atoms with Crippen LogP contribution in [-0.2, 0) is 0 Å². The Morgan fingerprint density at radius 2 is 2.41 bits per heavy atom. The van der Waals surface area contributed by atoms with Crippen molar-refractivity contribution in [3.63, 3.8) is 0 Å². The molecule has 4 heteroatoms. The highest BCUT2D eigenvalue weighted by Gasteiger charge is 2.22. The molecule has 1 aliphatic rings. The number of anilines is 2. The van der Waals surface area contributed by atoms with Crippen LogP contribution in [-0.4, -0.2) is 35.6 Å². The molecular weight excluding hydrogens is 212 g/mol. The maximum Gasteiger partial charge on any atom is 0.126 e. The molecule has 1 aromatic heterocycles. The third-order valence-corrected chi connectivity index (χ3v) is 3.58. The van der Waals surface area contributed by atoms with Gasteiger partial charge in [0, 0.05) is 12.6 Å². The van der Waals surface area contributed by atoms with Crippen LogP contribution in [0.1, 0.15) is 25.3 Å². The van der Waals surface area contributed by atoms with Crippen LogP contribution in [0.3, 0.4) is 0 Å². The van der Waals surface area contributed by atoms with Crippen LogP contribution in [0, 0.1) is 6.92 Å². The van der Waals surface area contributed by atoms with Gasteiger partial charge < -0.3 is 11.1 Å². The number of rotatable bonds is 4. The molecule has 0 amide bonds. The summed E-state index contributed by atoms with van der Waals surface area (Å²) in [5, 5.41) is 3.41. The molecule has 1 unspecified atom stereocenters. The fraction of sp³-hybridized carbons (Fsp3) is 0.615. The summed E-state index contributed by atoms with van der Waals surface area (Å²) in [6, 6.07) is 2.67. The first kappa shape index (κ1) is 12.2. The van der Waals surface area contributed by atoms with Gasteiger partial charge in [0.1, 0.15) is 5.82 Å². The maximum atomic E-state index is 5.75. The molecule has 0 bridgehead atoms. The molecule has 0 radical (unpaired) electrons. The van der Waals surface area contributed by atoms with Gasteiger partial charge in [-0.25, -0.2) is 4.98 Å². The summed E-state index contributed by atoms with van der Waals surface area (Å²) in [6.45, 7) is 7.59. The number of likely N-dealkylation sites (N-methyl/N-ethyl adjacent to an activating group) is 1. The fourth-order valence-corrected chi connectivity index (χ4v) is 2.43. The van der Waals surface area contributed by atoms with Crippen LogP contribution in [0.4, 0.5) is 11.5 Å². The molecule has 2 heterocycles. The van der Waals surface area contributed by atoms with Gasteiger partial charge in [-0.3, -0.25) is 4.90 Å². The number of nitrogen functional groups attached to an aromatic ring is 1. The van der Waals surface area contributed by atoms with Crippen LogP contribution in [0.15, 0.2) is 12.3 Å². The van der Waals surface area contributed by atoms with Crippen LogP contribution >= 0.6 is 0 Å². The Balaban J connectivity index is 1.91. The van der Waals surface area contributed by atoms with Gasteiger partial charge in [0.05, 0.1) is 11.9 Å². The van der Waals surface area contributed by atoms with E-state index in [1.807, 2.05) is 13.0 Å². The number of nitrogens with zero attached hydrogens (tertiary/aromatic N) is 2. The molecule has 3 N–H and O–H groups in total. The van der Waals surface area contributed by atoms with Crippen LogP contribution in [0.5, 0.6) is 0 Å². The van der Waals surface area contributed by atoms with E-state index in [1.165, 1.54) is 19.4 Å². The first-order chi connectivity index (χ1) is 8.20. The second-order valence-corrected chi connectivity index (χ2v) is 4.73. The highest BCUT2D eigenvalue weighted by Crippen LogP contribution is 2.18. The van der Waals surface area contributed by atoms with Gasteiger partial charge in [-0.2, -0.15) is 0 Å². The van der Waals surface area contributed by atoms with Gasteiger partial charge in [0.2, 0.25) is 0 Å². The van der Waals surface area contributed by atoms with Crippen molar-refractivity contribution in [2.75, 3.05) is 30.7 Å². The molecule has 1 aromatic rings. The number of nitrogens with one attached hydrogen (secondary N) is 1. The molecule has 1 saturated heterocycles. The summed E-state index contributed by atoms with van der Waals surface area (Å²) < 4.78 is 0. The van der Waals surface area contributed by atoms with Crippen LogP contribution in [0.2, 0.25) is 0 Å². The van der Waals surface area contributed by atoms with Crippen molar-refractivity contribution in [1.29, 1.82) is 0 Å². The molecule has 1 atom stereocenters. The van der Waals surface area contributed by atoms with E-state index in [2.05, 4.69) is 22.1 Å². The Kier molecular flexibility index (Phi) is 3.84. The second kappa shape index (κ2) is 5.36. The average Bonchev–Trinajstić information content (AvgIpc) is 2.78. The molecule has 4 nitrogen and oxygen atoms in total. The van der Waals surface area contributed by atoms with E-state index in [1.54, 1.807) is 6.20 Å². The first-order valence-electron chi connectivity index (χ1n) is 6.40. The van der Waals surface area contributed by atoms with Crippen molar-refractivity contribution in [2.24, 2.45) is 0 Å². The molecule has 0 aliphatic carbocycles. The molecule has 1 aliphatic heterocycles. The largest absolute Gasteiger partial charge is 0.397 e. The summed E-state index contributed by atoms with van der Waals surface area (Å²) >= 11 is 0. The molecule has 94 valence electrons. The van der Waals surface area contributed by atoms with Crippen molar-refractivity contribution < 1.29 is 0 Å². The number of pyridine rings is 1. The Bertz CT molecular complexity index is 378. The number of aromatic nitrogens is 1. The van der Waals surface area contributed by atoms with Gasteiger partial charge in [0.25, 0.3) is 0 Å². The van der Waals surface area contributed by atoms with Crippen LogP contribution < -0.4 is 11.1 Å². The predicted octanol–water partition coefficient (Wildman–Crippen LogP) is 1.87. The van der Waals surface area contributed by atoms with Crippen molar-refractivity contribution in [2.45, 2.75) is 32.7 Å².